The highest BCUT2D eigenvalue weighted by Crippen LogP contribution is 2.27. The van der Waals surface area contributed by atoms with Gasteiger partial charge in [-0.2, -0.15) is 0 Å². The first-order valence-electron chi connectivity index (χ1n) is 10.4. The Morgan fingerprint density at radius 1 is 1.19 bits per heavy atom. The molecule has 0 bridgehead atoms. The third-order valence-electron chi connectivity index (χ3n) is 4.79. The number of carbonyl (C=O) groups excluding carboxylic acids is 1. The van der Waals surface area contributed by atoms with E-state index in [1.54, 1.807) is 36.7 Å². The van der Waals surface area contributed by atoms with Gasteiger partial charge in [-0.25, -0.2) is 24.3 Å². The van der Waals surface area contributed by atoms with Crippen molar-refractivity contribution >= 4 is 17.8 Å². The minimum Gasteiger partial charge on any atom is -0.340 e. The van der Waals surface area contributed by atoms with Crippen molar-refractivity contribution in [2.75, 3.05) is 25.5 Å². The monoisotopic (exact) mass is 422 g/mol. The second kappa shape index (κ2) is 11.2. The summed E-state index contributed by atoms with van der Waals surface area (Å²) in [6.07, 6.45) is 7.06. The van der Waals surface area contributed by atoms with Crippen LogP contribution in [-0.2, 0) is 4.79 Å². The number of aromatic nitrogens is 4. The van der Waals surface area contributed by atoms with Gasteiger partial charge < -0.3 is 15.0 Å². The van der Waals surface area contributed by atoms with Crippen LogP contribution in [-0.4, -0.2) is 51.3 Å². The molecule has 1 aromatic carbocycles. The highest BCUT2D eigenvalue weighted by Gasteiger charge is 2.23. The van der Waals surface area contributed by atoms with Gasteiger partial charge in [-0.3, -0.25) is 0 Å². The van der Waals surface area contributed by atoms with Gasteiger partial charge in [-0.1, -0.05) is 13.0 Å². The number of hydrogen-bond acceptors (Lipinski definition) is 7. The molecule has 0 spiro atoms. The average molecular weight is 423 g/mol. The number of halogens is 1. The Morgan fingerprint density at radius 3 is 2.65 bits per heavy atom. The van der Waals surface area contributed by atoms with E-state index < -0.39 is 0 Å². The number of likely N-dealkylation sites (N-methyl/N-ethyl adjacent to an activating group) is 1. The van der Waals surface area contributed by atoms with E-state index in [-0.39, 0.29) is 11.7 Å². The Labute approximate surface area is 181 Å². The Bertz CT molecular complexity index is 985. The van der Waals surface area contributed by atoms with E-state index in [2.05, 4.69) is 27.2 Å². The van der Waals surface area contributed by atoms with Crippen LogP contribution in [0.5, 0.6) is 0 Å². The fraction of sp³-hybridized carbons (Fsp3) is 0.348. The molecule has 1 N–H and O–H groups in total. The van der Waals surface area contributed by atoms with Crippen molar-refractivity contribution in [1.82, 2.24) is 24.8 Å². The second-order valence-electron chi connectivity index (χ2n) is 7.38. The Morgan fingerprint density at radius 2 is 1.97 bits per heavy atom. The number of rotatable bonds is 5. The van der Waals surface area contributed by atoms with Crippen LogP contribution >= 0.6 is 0 Å². The van der Waals surface area contributed by atoms with Crippen molar-refractivity contribution in [1.29, 1.82) is 0 Å². The Balaban J connectivity index is 0.000000628. The lowest BCUT2D eigenvalue weighted by Crippen LogP contribution is -2.31. The third-order valence-corrected chi connectivity index (χ3v) is 4.79. The summed E-state index contributed by atoms with van der Waals surface area (Å²) in [6.45, 7) is 3.82. The summed E-state index contributed by atoms with van der Waals surface area (Å²) in [5.74, 6) is 1.88. The lowest BCUT2D eigenvalue weighted by atomic mass is 9.97. The van der Waals surface area contributed by atoms with Gasteiger partial charge in [0.25, 0.3) is 0 Å². The first-order valence-corrected chi connectivity index (χ1v) is 10.4. The number of likely N-dealkylation sites (tertiary alicyclic amines) is 1. The molecule has 3 aromatic rings. The number of carbonyl (C=O) groups is 1. The van der Waals surface area contributed by atoms with Crippen LogP contribution in [0.3, 0.4) is 0 Å². The lowest BCUT2D eigenvalue weighted by Gasteiger charge is -2.29. The average Bonchev–Trinajstić information content (AvgIpc) is 2.80. The van der Waals surface area contributed by atoms with Gasteiger partial charge in [0.05, 0.1) is 0 Å². The predicted octanol–water partition coefficient (Wildman–Crippen LogP) is 4.22. The molecule has 1 fully saturated rings. The summed E-state index contributed by atoms with van der Waals surface area (Å²) in [5, 5.41) is 3.19. The van der Waals surface area contributed by atoms with E-state index >= 15 is 0 Å². The molecule has 1 aliphatic heterocycles. The quantitative estimate of drug-likeness (QED) is 0.616. The molecule has 0 aliphatic carbocycles. The highest BCUT2D eigenvalue weighted by atomic mass is 19.1. The van der Waals surface area contributed by atoms with Gasteiger partial charge in [-0.05, 0) is 50.7 Å². The third kappa shape index (κ3) is 6.62. The van der Waals surface area contributed by atoms with Crippen LogP contribution in [0.25, 0.3) is 11.5 Å². The maximum absolute atomic E-state index is 13.5. The fourth-order valence-electron chi connectivity index (χ4n) is 3.35. The molecular weight excluding hydrogens is 395 g/mol. The van der Waals surface area contributed by atoms with Gasteiger partial charge >= 0.3 is 0 Å². The highest BCUT2D eigenvalue weighted by molar-refractivity contribution is 5.61. The summed E-state index contributed by atoms with van der Waals surface area (Å²) < 4.78 is 13.5. The topological polar surface area (TPSA) is 83.9 Å². The number of aldehydes is 1. The first kappa shape index (κ1) is 22.4. The normalized spacial score (nSPS) is 16.2. The summed E-state index contributed by atoms with van der Waals surface area (Å²) in [4.78, 5) is 29.6. The number of nitrogens with zero attached hydrogens (tertiary/aromatic N) is 5. The van der Waals surface area contributed by atoms with Gasteiger partial charge in [-0.15, -0.1) is 0 Å². The van der Waals surface area contributed by atoms with E-state index in [4.69, 9.17) is 9.97 Å². The fourth-order valence-corrected chi connectivity index (χ4v) is 3.35. The molecule has 162 valence electrons. The molecule has 0 radical (unpaired) electrons. The smallest absolute Gasteiger partial charge is 0.178 e. The Kier molecular flexibility index (Phi) is 8.12. The number of nitrogens with one attached hydrogen (secondary N) is 1. The van der Waals surface area contributed by atoms with Crippen LogP contribution in [0, 0.1) is 5.82 Å². The molecule has 0 amide bonds. The molecular formula is C23H27FN6O. The zero-order chi connectivity index (χ0) is 22.1. The molecule has 0 saturated carbocycles. The van der Waals surface area contributed by atoms with Crippen molar-refractivity contribution in [3.63, 3.8) is 0 Å². The minimum atomic E-state index is -0.296. The van der Waals surface area contributed by atoms with Gasteiger partial charge in [0.1, 0.15) is 29.4 Å². The SMILES string of the molecule is CCC=O.CN1CCCC(c2nc(Nc3cccc(F)c3)cc(-c3ncccn3)n2)C1. The molecule has 1 aliphatic rings. The van der Waals surface area contributed by atoms with Gasteiger partial charge in [0.2, 0.25) is 0 Å². The van der Waals surface area contributed by atoms with Crippen molar-refractivity contribution in [2.45, 2.75) is 32.1 Å². The summed E-state index contributed by atoms with van der Waals surface area (Å²) in [7, 11) is 2.11. The lowest BCUT2D eigenvalue weighted by molar-refractivity contribution is -0.107. The second-order valence-corrected chi connectivity index (χ2v) is 7.38. The summed E-state index contributed by atoms with van der Waals surface area (Å²) >= 11 is 0. The molecule has 8 heteroatoms. The maximum Gasteiger partial charge on any atom is 0.178 e. The van der Waals surface area contributed by atoms with E-state index in [0.717, 1.165) is 38.0 Å². The standard InChI is InChI=1S/C20H21FN6.C3H6O/c1-27-10-3-5-14(13-27)19-25-17(20-22-8-4-9-23-20)12-18(26-19)24-16-7-2-6-15(21)11-16;1-2-3-4/h2,4,6-9,11-12,14H,3,5,10,13H2,1H3,(H,24,25,26);3H,2H2,1H3. The molecule has 31 heavy (non-hydrogen) atoms. The van der Waals surface area contributed by atoms with Crippen LogP contribution in [0.4, 0.5) is 15.9 Å². The molecule has 1 atom stereocenters. The predicted molar refractivity (Wildman–Crippen MR) is 119 cm³/mol. The van der Waals surface area contributed by atoms with Crippen LogP contribution < -0.4 is 5.32 Å². The summed E-state index contributed by atoms with van der Waals surface area (Å²) in [6, 6.07) is 9.89. The van der Waals surface area contributed by atoms with E-state index in [1.165, 1.54) is 12.1 Å². The van der Waals surface area contributed by atoms with E-state index in [9.17, 15) is 9.18 Å². The molecule has 3 heterocycles. The van der Waals surface area contributed by atoms with Crippen LogP contribution in [0.15, 0.2) is 48.8 Å². The number of anilines is 2. The van der Waals surface area contributed by atoms with Gasteiger partial charge in [0, 0.05) is 43.0 Å². The van der Waals surface area contributed by atoms with Crippen molar-refractivity contribution in [3.05, 3.63) is 60.4 Å². The number of piperidine rings is 1. The van der Waals surface area contributed by atoms with E-state index in [1.807, 2.05) is 6.92 Å². The van der Waals surface area contributed by atoms with Crippen LogP contribution in [0.2, 0.25) is 0 Å². The van der Waals surface area contributed by atoms with E-state index in [0.29, 0.717) is 29.4 Å². The minimum absolute atomic E-state index is 0.250. The Hall–Kier alpha value is -3.26. The van der Waals surface area contributed by atoms with Crippen molar-refractivity contribution in [3.8, 4) is 11.5 Å². The summed E-state index contributed by atoms with van der Waals surface area (Å²) in [5.41, 5.74) is 1.30. The molecule has 1 saturated heterocycles. The van der Waals surface area contributed by atoms with Crippen molar-refractivity contribution in [2.24, 2.45) is 0 Å². The zero-order valence-corrected chi connectivity index (χ0v) is 17.8. The maximum atomic E-state index is 13.5. The van der Waals surface area contributed by atoms with Crippen molar-refractivity contribution < 1.29 is 9.18 Å². The number of hydrogen-bond donors (Lipinski definition) is 1. The zero-order valence-electron chi connectivity index (χ0n) is 17.8. The first-order chi connectivity index (χ1) is 15.1. The molecule has 4 rings (SSSR count). The van der Waals surface area contributed by atoms with Gasteiger partial charge in [0.15, 0.2) is 5.82 Å². The van der Waals surface area contributed by atoms with Crippen LogP contribution in [0.1, 0.15) is 37.9 Å². The molecule has 7 nitrogen and oxygen atoms in total. The number of benzene rings is 1. The molecule has 1 unspecified atom stereocenters. The molecule has 2 aromatic heterocycles. The largest absolute Gasteiger partial charge is 0.340 e.